The Hall–Kier alpha value is -2.98. The van der Waals surface area contributed by atoms with Gasteiger partial charge in [-0.15, -0.1) is 5.10 Å². The van der Waals surface area contributed by atoms with E-state index in [0.717, 1.165) is 24.3 Å². The molecule has 1 aromatic heterocycles. The highest BCUT2D eigenvalue weighted by molar-refractivity contribution is 5.93. The van der Waals surface area contributed by atoms with Gasteiger partial charge >= 0.3 is 6.18 Å². The van der Waals surface area contributed by atoms with E-state index in [-0.39, 0.29) is 23.6 Å². The van der Waals surface area contributed by atoms with Gasteiger partial charge in [0.2, 0.25) is 5.91 Å². The Morgan fingerprint density at radius 3 is 2.45 bits per heavy atom. The molecule has 1 aliphatic carbocycles. The summed E-state index contributed by atoms with van der Waals surface area (Å²) in [5.74, 6) is -2.09. The Bertz CT molecular complexity index is 940. The van der Waals surface area contributed by atoms with Crippen LogP contribution in [0.2, 0.25) is 0 Å². The second-order valence-corrected chi connectivity index (χ2v) is 7.87. The van der Waals surface area contributed by atoms with Crippen molar-refractivity contribution in [2.45, 2.75) is 57.8 Å². The average molecular weight is 441 g/mol. The number of aromatic nitrogens is 3. The van der Waals surface area contributed by atoms with E-state index in [4.69, 9.17) is 0 Å². The van der Waals surface area contributed by atoms with Crippen LogP contribution >= 0.6 is 0 Å². The van der Waals surface area contributed by atoms with E-state index in [9.17, 15) is 27.2 Å². The Morgan fingerprint density at radius 1 is 1.16 bits per heavy atom. The van der Waals surface area contributed by atoms with Crippen LogP contribution in [0.25, 0.3) is 5.69 Å². The van der Waals surface area contributed by atoms with Gasteiger partial charge < -0.3 is 10.6 Å². The van der Waals surface area contributed by atoms with E-state index < -0.39 is 35.3 Å². The number of halogens is 4. The summed E-state index contributed by atoms with van der Waals surface area (Å²) in [4.78, 5) is 24.9. The minimum absolute atomic E-state index is 0.0293. The molecule has 3 rings (SSSR count). The fourth-order valence-corrected chi connectivity index (χ4v) is 3.67. The number of carbonyl (C=O) groups is 2. The lowest BCUT2D eigenvalue weighted by Gasteiger charge is -2.29. The summed E-state index contributed by atoms with van der Waals surface area (Å²) >= 11 is 0. The van der Waals surface area contributed by atoms with Crippen molar-refractivity contribution in [2.75, 3.05) is 0 Å². The van der Waals surface area contributed by atoms with Gasteiger partial charge in [-0.1, -0.05) is 11.6 Å². The first-order valence-corrected chi connectivity index (χ1v) is 9.96. The highest BCUT2D eigenvalue weighted by Crippen LogP contribution is 2.33. The first-order valence-electron chi connectivity index (χ1n) is 9.96. The molecule has 0 aliphatic heterocycles. The molecule has 1 aromatic carbocycles. The molecule has 2 aromatic rings. The predicted molar refractivity (Wildman–Crippen MR) is 103 cm³/mol. The number of amides is 2. The quantitative estimate of drug-likeness (QED) is 0.698. The van der Waals surface area contributed by atoms with Gasteiger partial charge in [0.05, 0.1) is 5.69 Å². The molecule has 0 spiro atoms. The Morgan fingerprint density at radius 2 is 1.84 bits per heavy atom. The van der Waals surface area contributed by atoms with Crippen LogP contribution in [0.4, 0.5) is 17.6 Å². The molecule has 7 nitrogen and oxygen atoms in total. The smallest absolute Gasteiger partial charge is 0.354 e. The van der Waals surface area contributed by atoms with Gasteiger partial charge in [0.1, 0.15) is 5.82 Å². The topological polar surface area (TPSA) is 88.9 Å². The first-order chi connectivity index (χ1) is 14.6. The van der Waals surface area contributed by atoms with Crippen molar-refractivity contribution in [3.63, 3.8) is 0 Å². The molecule has 1 fully saturated rings. The molecule has 2 unspecified atom stereocenters. The molecule has 1 saturated carbocycles. The number of rotatable bonds is 5. The van der Waals surface area contributed by atoms with Gasteiger partial charge in [-0.2, -0.15) is 13.2 Å². The zero-order valence-electron chi connectivity index (χ0n) is 17.0. The van der Waals surface area contributed by atoms with Gasteiger partial charge in [-0.25, -0.2) is 9.07 Å². The third kappa shape index (κ3) is 5.39. The summed E-state index contributed by atoms with van der Waals surface area (Å²) in [5.41, 5.74) is -2.30. The number of alkyl halides is 3. The highest BCUT2D eigenvalue weighted by Gasteiger charge is 2.42. The summed E-state index contributed by atoms with van der Waals surface area (Å²) in [6, 6.07) is 3.71. The van der Waals surface area contributed by atoms with Gasteiger partial charge in [0.15, 0.2) is 11.4 Å². The molecule has 168 valence electrons. The lowest BCUT2D eigenvalue weighted by molar-refractivity contribution is -0.143. The lowest BCUT2D eigenvalue weighted by atomic mass is 9.85. The SMILES string of the molecule is CC(C)NC(=O)C1CCCC(NC(=O)c2nnn(-c3ccc(F)cc3)c2C(F)(F)F)C1. The van der Waals surface area contributed by atoms with Gasteiger partial charge in [-0.3, -0.25) is 9.59 Å². The Kier molecular flexibility index (Phi) is 6.61. The second-order valence-electron chi connectivity index (χ2n) is 7.87. The molecular weight excluding hydrogens is 418 g/mol. The second kappa shape index (κ2) is 9.03. The molecule has 2 N–H and O–H groups in total. The molecule has 0 saturated heterocycles. The van der Waals surface area contributed by atoms with E-state index in [0.29, 0.717) is 30.4 Å². The number of carbonyl (C=O) groups excluding carboxylic acids is 2. The minimum atomic E-state index is -4.92. The van der Waals surface area contributed by atoms with Crippen molar-refractivity contribution in [3.8, 4) is 5.69 Å². The Balaban J connectivity index is 1.80. The molecule has 2 atom stereocenters. The maximum absolute atomic E-state index is 13.7. The van der Waals surface area contributed by atoms with Crippen molar-refractivity contribution in [3.05, 3.63) is 41.5 Å². The van der Waals surface area contributed by atoms with E-state index in [1.165, 1.54) is 0 Å². The molecule has 31 heavy (non-hydrogen) atoms. The van der Waals surface area contributed by atoms with Crippen molar-refractivity contribution < 1.29 is 27.2 Å². The number of hydrogen-bond donors (Lipinski definition) is 2. The van der Waals surface area contributed by atoms with Crippen molar-refractivity contribution in [2.24, 2.45) is 5.92 Å². The zero-order valence-corrected chi connectivity index (χ0v) is 17.0. The number of hydrogen-bond acceptors (Lipinski definition) is 4. The van der Waals surface area contributed by atoms with Crippen LogP contribution in [-0.4, -0.2) is 38.9 Å². The van der Waals surface area contributed by atoms with Crippen LogP contribution in [-0.2, 0) is 11.0 Å². The molecular formula is C20H23F4N5O2. The molecule has 11 heteroatoms. The molecule has 1 aliphatic rings. The molecule has 0 radical (unpaired) electrons. The first kappa shape index (κ1) is 22.7. The summed E-state index contributed by atoms with van der Waals surface area (Å²) in [7, 11) is 0. The van der Waals surface area contributed by atoms with Gasteiger partial charge in [0.25, 0.3) is 5.91 Å². The minimum Gasteiger partial charge on any atom is -0.354 e. The normalized spacial score (nSPS) is 19.3. The van der Waals surface area contributed by atoms with Crippen molar-refractivity contribution in [1.29, 1.82) is 0 Å². The number of benzene rings is 1. The molecule has 1 heterocycles. The van der Waals surface area contributed by atoms with Gasteiger partial charge in [-0.05, 0) is 57.4 Å². The van der Waals surface area contributed by atoms with Gasteiger partial charge in [0, 0.05) is 18.0 Å². The predicted octanol–water partition coefficient (Wildman–Crippen LogP) is 3.24. The monoisotopic (exact) mass is 441 g/mol. The van der Waals surface area contributed by atoms with E-state index in [1.54, 1.807) is 0 Å². The number of nitrogens with zero attached hydrogens (tertiary/aromatic N) is 3. The van der Waals surface area contributed by atoms with Crippen LogP contribution in [0.15, 0.2) is 24.3 Å². The lowest BCUT2D eigenvalue weighted by Crippen LogP contribution is -2.44. The maximum Gasteiger partial charge on any atom is 0.435 e. The average Bonchev–Trinajstić information content (AvgIpc) is 3.14. The van der Waals surface area contributed by atoms with Crippen molar-refractivity contribution >= 4 is 11.8 Å². The summed E-state index contributed by atoms with van der Waals surface area (Å²) in [6.07, 6.45) is -2.73. The highest BCUT2D eigenvalue weighted by atomic mass is 19.4. The van der Waals surface area contributed by atoms with Crippen LogP contribution in [0, 0.1) is 11.7 Å². The van der Waals surface area contributed by atoms with Crippen LogP contribution in [0.5, 0.6) is 0 Å². The largest absolute Gasteiger partial charge is 0.435 e. The molecule has 0 bridgehead atoms. The summed E-state index contributed by atoms with van der Waals surface area (Å²) in [6.45, 7) is 3.67. The molecule has 2 amide bonds. The fourth-order valence-electron chi connectivity index (χ4n) is 3.67. The summed E-state index contributed by atoms with van der Waals surface area (Å²) < 4.78 is 54.8. The summed E-state index contributed by atoms with van der Waals surface area (Å²) in [5, 5.41) is 12.3. The number of nitrogens with one attached hydrogen (secondary N) is 2. The van der Waals surface area contributed by atoms with E-state index >= 15 is 0 Å². The Labute approximate surface area is 176 Å². The van der Waals surface area contributed by atoms with Crippen LogP contribution in [0.3, 0.4) is 0 Å². The third-order valence-electron chi connectivity index (χ3n) is 5.04. The van der Waals surface area contributed by atoms with E-state index in [1.807, 2.05) is 13.8 Å². The standard InChI is InChI=1S/C20H23F4N5O2/c1-11(2)25-18(30)12-4-3-5-14(10-12)26-19(31)16-17(20(22,23)24)29(28-27-16)15-8-6-13(21)7-9-15/h6-9,11-12,14H,3-5,10H2,1-2H3,(H,25,30)(H,26,31). The van der Waals surface area contributed by atoms with Crippen molar-refractivity contribution in [1.82, 2.24) is 25.6 Å². The maximum atomic E-state index is 13.7. The zero-order chi connectivity index (χ0) is 22.8. The van der Waals surface area contributed by atoms with E-state index in [2.05, 4.69) is 20.9 Å². The van der Waals surface area contributed by atoms with Crippen LogP contribution in [0.1, 0.15) is 55.7 Å². The third-order valence-corrected chi connectivity index (χ3v) is 5.04. The van der Waals surface area contributed by atoms with Crippen LogP contribution < -0.4 is 10.6 Å². The fraction of sp³-hybridized carbons (Fsp3) is 0.500.